The van der Waals surface area contributed by atoms with Crippen molar-refractivity contribution in [2.24, 2.45) is 0 Å². The topological polar surface area (TPSA) is 77.3 Å². The number of nitrogens with two attached hydrogens (primary N) is 1. The molecule has 18 heavy (non-hydrogen) atoms. The maximum Gasteiger partial charge on any atom is 0.341 e. The summed E-state index contributed by atoms with van der Waals surface area (Å²) in [5.74, 6) is 0.567. The van der Waals surface area contributed by atoms with Crippen LogP contribution in [0.25, 0.3) is 11.3 Å². The molecule has 94 valence electrons. The quantitative estimate of drug-likeness (QED) is 0.812. The van der Waals surface area contributed by atoms with Crippen LogP contribution in [0.2, 0.25) is 0 Å². The second kappa shape index (κ2) is 4.83. The molecule has 1 aromatic carbocycles. The lowest BCUT2D eigenvalue weighted by Gasteiger charge is -2.02. The lowest BCUT2D eigenvalue weighted by molar-refractivity contribution is 0.0602. The monoisotopic (exact) mass is 246 g/mol. The highest BCUT2D eigenvalue weighted by Gasteiger charge is 2.14. The van der Waals surface area contributed by atoms with E-state index >= 15 is 0 Å². The molecule has 0 amide bonds. The molecule has 2 rings (SSSR count). The van der Waals surface area contributed by atoms with Gasteiger partial charge in [0.2, 0.25) is 0 Å². The summed E-state index contributed by atoms with van der Waals surface area (Å²) in [6, 6.07) is 9.12. The van der Waals surface area contributed by atoms with Gasteiger partial charge in [0, 0.05) is 11.3 Å². The summed E-state index contributed by atoms with van der Waals surface area (Å²) in [5, 5.41) is 0. The van der Waals surface area contributed by atoms with E-state index in [1.54, 1.807) is 13.2 Å². The number of esters is 1. The summed E-state index contributed by atoms with van der Waals surface area (Å²) in [6.45, 7) is 0. The van der Waals surface area contributed by atoms with Gasteiger partial charge in [-0.3, -0.25) is 0 Å². The van der Waals surface area contributed by atoms with E-state index in [-0.39, 0.29) is 0 Å². The number of nitrogen functional groups attached to an aromatic ring is 1. The highest BCUT2D eigenvalue weighted by atomic mass is 16.5. The number of ether oxygens (including phenoxy) is 2. The molecule has 3 N–H and O–H groups in total. The molecule has 0 spiro atoms. The molecule has 0 saturated carbocycles. The molecular formula is C13H14N2O3. The van der Waals surface area contributed by atoms with E-state index in [1.165, 1.54) is 7.11 Å². The fourth-order valence-electron chi connectivity index (χ4n) is 1.70. The number of hydrogen-bond acceptors (Lipinski definition) is 4. The number of carbonyl (C=O) groups excluding carboxylic acids is 1. The van der Waals surface area contributed by atoms with Crippen LogP contribution in [0, 0.1) is 0 Å². The van der Waals surface area contributed by atoms with Gasteiger partial charge in [0.15, 0.2) is 0 Å². The van der Waals surface area contributed by atoms with Crippen molar-refractivity contribution >= 4 is 11.8 Å². The molecule has 0 saturated heterocycles. The number of hydrogen-bond donors (Lipinski definition) is 2. The van der Waals surface area contributed by atoms with Gasteiger partial charge in [0.25, 0.3) is 0 Å². The molecule has 2 aromatic rings. The van der Waals surface area contributed by atoms with Gasteiger partial charge in [-0.15, -0.1) is 0 Å². The van der Waals surface area contributed by atoms with Gasteiger partial charge in [0.05, 0.1) is 14.2 Å². The van der Waals surface area contributed by atoms with E-state index in [2.05, 4.69) is 9.72 Å². The first-order chi connectivity index (χ1) is 8.65. The second-order valence-electron chi connectivity index (χ2n) is 3.73. The minimum absolute atomic E-state index is 0.291. The minimum Gasteiger partial charge on any atom is -0.497 e. The first kappa shape index (κ1) is 12.0. The number of anilines is 1. The first-order valence-corrected chi connectivity index (χ1v) is 5.37. The highest BCUT2D eigenvalue weighted by Crippen LogP contribution is 2.26. The predicted octanol–water partition coefficient (Wildman–Crippen LogP) is 2.06. The Hall–Kier alpha value is -2.43. The van der Waals surface area contributed by atoms with Gasteiger partial charge in [0.1, 0.15) is 17.1 Å². The lowest BCUT2D eigenvalue weighted by Crippen LogP contribution is -2.02. The van der Waals surface area contributed by atoms with Crippen molar-refractivity contribution in [1.29, 1.82) is 0 Å². The van der Waals surface area contributed by atoms with Crippen LogP contribution in [0.5, 0.6) is 5.75 Å². The van der Waals surface area contributed by atoms with Crippen molar-refractivity contribution in [2.45, 2.75) is 0 Å². The average Bonchev–Trinajstić information content (AvgIpc) is 2.80. The largest absolute Gasteiger partial charge is 0.497 e. The number of rotatable bonds is 3. The zero-order chi connectivity index (χ0) is 13.1. The van der Waals surface area contributed by atoms with Gasteiger partial charge in [-0.2, -0.15) is 0 Å². The standard InChI is InChI=1S/C13H14N2O3/c1-17-9-5-3-4-8(6-9)11-7-10(12(14)15-11)13(16)18-2/h3-7,15H,14H2,1-2H3. The maximum absolute atomic E-state index is 11.5. The molecule has 0 radical (unpaired) electrons. The summed E-state index contributed by atoms with van der Waals surface area (Å²) >= 11 is 0. The number of aromatic amines is 1. The molecule has 0 unspecified atom stereocenters. The number of benzene rings is 1. The van der Waals surface area contributed by atoms with Crippen LogP contribution in [0.1, 0.15) is 10.4 Å². The van der Waals surface area contributed by atoms with Crippen molar-refractivity contribution in [3.63, 3.8) is 0 Å². The number of H-pyrrole nitrogens is 1. The Morgan fingerprint density at radius 1 is 1.28 bits per heavy atom. The number of aromatic nitrogens is 1. The Bertz CT molecular complexity index is 575. The Morgan fingerprint density at radius 3 is 2.72 bits per heavy atom. The van der Waals surface area contributed by atoms with Gasteiger partial charge in [-0.1, -0.05) is 12.1 Å². The SMILES string of the molecule is COC(=O)c1cc(-c2cccc(OC)c2)[nH]c1N. The van der Waals surface area contributed by atoms with Crippen molar-refractivity contribution in [3.05, 3.63) is 35.9 Å². The summed E-state index contributed by atoms with van der Waals surface area (Å²) in [4.78, 5) is 14.4. The van der Waals surface area contributed by atoms with E-state index in [4.69, 9.17) is 10.5 Å². The fourth-order valence-corrected chi connectivity index (χ4v) is 1.70. The van der Waals surface area contributed by atoms with Crippen LogP contribution < -0.4 is 10.5 Å². The zero-order valence-corrected chi connectivity index (χ0v) is 10.2. The molecule has 0 atom stereocenters. The Labute approximate surface area is 105 Å². The molecule has 5 nitrogen and oxygen atoms in total. The third kappa shape index (κ3) is 2.15. The van der Waals surface area contributed by atoms with Gasteiger partial charge >= 0.3 is 5.97 Å². The van der Waals surface area contributed by atoms with Crippen LogP contribution in [-0.4, -0.2) is 25.2 Å². The van der Waals surface area contributed by atoms with Crippen molar-refractivity contribution in [1.82, 2.24) is 4.98 Å². The summed E-state index contributed by atoms with van der Waals surface area (Å²) in [6.07, 6.45) is 0. The van der Waals surface area contributed by atoms with E-state index in [9.17, 15) is 4.79 Å². The van der Waals surface area contributed by atoms with Crippen LogP contribution in [0.3, 0.4) is 0 Å². The first-order valence-electron chi connectivity index (χ1n) is 5.37. The van der Waals surface area contributed by atoms with Crippen molar-refractivity contribution in [3.8, 4) is 17.0 Å². The second-order valence-corrected chi connectivity index (χ2v) is 3.73. The maximum atomic E-state index is 11.5. The van der Waals surface area contributed by atoms with Crippen LogP contribution in [0.15, 0.2) is 30.3 Å². The molecule has 1 aromatic heterocycles. The summed E-state index contributed by atoms with van der Waals surface area (Å²) in [5.41, 5.74) is 7.69. The molecular weight excluding hydrogens is 232 g/mol. The summed E-state index contributed by atoms with van der Waals surface area (Å²) < 4.78 is 9.79. The normalized spacial score (nSPS) is 10.1. The van der Waals surface area contributed by atoms with Gasteiger partial charge < -0.3 is 20.2 Å². The summed E-state index contributed by atoms with van der Waals surface area (Å²) in [7, 11) is 2.92. The van der Waals surface area contributed by atoms with E-state index in [0.29, 0.717) is 11.4 Å². The van der Waals surface area contributed by atoms with E-state index < -0.39 is 5.97 Å². The lowest BCUT2D eigenvalue weighted by atomic mass is 10.1. The van der Waals surface area contributed by atoms with Gasteiger partial charge in [-0.25, -0.2) is 4.79 Å². The van der Waals surface area contributed by atoms with Crippen LogP contribution in [-0.2, 0) is 4.74 Å². The minimum atomic E-state index is -0.460. The third-order valence-corrected chi connectivity index (χ3v) is 2.63. The fraction of sp³-hybridized carbons (Fsp3) is 0.154. The number of nitrogens with one attached hydrogen (secondary N) is 1. The van der Waals surface area contributed by atoms with E-state index in [1.807, 2.05) is 24.3 Å². The Balaban J connectivity index is 2.42. The van der Waals surface area contributed by atoms with Crippen LogP contribution in [0.4, 0.5) is 5.82 Å². The number of carbonyl (C=O) groups is 1. The molecule has 0 aliphatic carbocycles. The van der Waals surface area contributed by atoms with E-state index in [0.717, 1.165) is 17.0 Å². The van der Waals surface area contributed by atoms with Gasteiger partial charge in [-0.05, 0) is 18.2 Å². The van der Waals surface area contributed by atoms with Crippen molar-refractivity contribution < 1.29 is 14.3 Å². The number of methoxy groups -OCH3 is 2. The Morgan fingerprint density at radius 2 is 2.06 bits per heavy atom. The molecule has 0 fully saturated rings. The predicted molar refractivity (Wildman–Crippen MR) is 68.5 cm³/mol. The third-order valence-electron chi connectivity index (χ3n) is 2.63. The average molecular weight is 246 g/mol. The Kier molecular flexibility index (Phi) is 3.23. The molecule has 0 aliphatic rings. The van der Waals surface area contributed by atoms with Crippen molar-refractivity contribution in [2.75, 3.05) is 20.0 Å². The molecule has 0 bridgehead atoms. The molecule has 0 aliphatic heterocycles. The smallest absolute Gasteiger partial charge is 0.341 e. The van der Waals surface area contributed by atoms with Crippen LogP contribution >= 0.6 is 0 Å². The zero-order valence-electron chi connectivity index (χ0n) is 10.2. The molecule has 5 heteroatoms. The highest BCUT2D eigenvalue weighted by molar-refractivity contribution is 5.96. The molecule has 1 heterocycles.